The average Bonchev–Trinajstić information content (AvgIpc) is 3.26. The Kier molecular flexibility index (Phi) is 6.49. The van der Waals surface area contributed by atoms with Crippen LogP contribution in [0.3, 0.4) is 0 Å². The van der Waals surface area contributed by atoms with E-state index in [2.05, 4.69) is 9.88 Å². The first-order chi connectivity index (χ1) is 13.4. The molecule has 0 radical (unpaired) electrons. The first kappa shape index (κ1) is 20.1. The Labute approximate surface area is 168 Å². The van der Waals surface area contributed by atoms with Gasteiger partial charge in [-0.25, -0.2) is 9.78 Å². The van der Waals surface area contributed by atoms with Crippen LogP contribution in [0, 0.1) is 13.8 Å². The summed E-state index contributed by atoms with van der Waals surface area (Å²) in [5, 5.41) is 2.98. The van der Waals surface area contributed by atoms with Gasteiger partial charge < -0.3 is 13.9 Å². The molecule has 7 heteroatoms. The van der Waals surface area contributed by atoms with E-state index in [1.54, 1.807) is 24.3 Å². The van der Waals surface area contributed by atoms with Crippen molar-refractivity contribution in [1.82, 2.24) is 9.88 Å². The van der Waals surface area contributed by atoms with E-state index in [1.807, 2.05) is 43.6 Å². The second-order valence-electron chi connectivity index (χ2n) is 6.68. The van der Waals surface area contributed by atoms with Gasteiger partial charge in [-0.15, -0.1) is 11.3 Å². The van der Waals surface area contributed by atoms with E-state index >= 15 is 0 Å². The number of carbonyl (C=O) groups excluding carboxylic acids is 1. The minimum atomic E-state index is -0.382. The highest BCUT2D eigenvalue weighted by molar-refractivity contribution is 7.09. The molecule has 0 fully saturated rings. The number of esters is 1. The lowest BCUT2D eigenvalue weighted by molar-refractivity contribution is 0.0599. The maximum Gasteiger partial charge on any atom is 0.341 e. The maximum atomic E-state index is 11.7. The summed E-state index contributed by atoms with van der Waals surface area (Å²) in [7, 11) is 3.35. The topological polar surface area (TPSA) is 64.8 Å². The number of methoxy groups -OCH3 is 1. The van der Waals surface area contributed by atoms with Gasteiger partial charge in [0.2, 0.25) is 0 Å². The van der Waals surface area contributed by atoms with E-state index in [0.29, 0.717) is 31.0 Å². The van der Waals surface area contributed by atoms with Gasteiger partial charge in [0.15, 0.2) is 0 Å². The highest BCUT2D eigenvalue weighted by Gasteiger charge is 2.16. The minimum Gasteiger partial charge on any atom is -0.486 e. The molecule has 1 aromatic carbocycles. The van der Waals surface area contributed by atoms with Crippen LogP contribution in [-0.2, 0) is 24.4 Å². The monoisotopic (exact) mass is 400 g/mol. The van der Waals surface area contributed by atoms with Crippen LogP contribution in [0.15, 0.2) is 40.1 Å². The van der Waals surface area contributed by atoms with E-state index < -0.39 is 0 Å². The van der Waals surface area contributed by atoms with Crippen LogP contribution in [0.1, 0.15) is 38.1 Å². The Hall–Kier alpha value is -2.64. The summed E-state index contributed by atoms with van der Waals surface area (Å²) in [4.78, 5) is 18.4. The predicted molar refractivity (Wildman–Crippen MR) is 108 cm³/mol. The second-order valence-corrected chi connectivity index (χ2v) is 7.62. The number of thiazole rings is 1. The molecule has 3 rings (SSSR count). The van der Waals surface area contributed by atoms with E-state index in [-0.39, 0.29) is 5.97 Å². The molecule has 0 spiro atoms. The minimum absolute atomic E-state index is 0.382. The second kappa shape index (κ2) is 9.03. The van der Waals surface area contributed by atoms with Crippen molar-refractivity contribution in [2.24, 2.45) is 0 Å². The Morgan fingerprint density at radius 3 is 2.68 bits per heavy atom. The largest absolute Gasteiger partial charge is 0.486 e. The van der Waals surface area contributed by atoms with Gasteiger partial charge in [0.25, 0.3) is 0 Å². The van der Waals surface area contributed by atoms with Crippen LogP contribution in [0.4, 0.5) is 0 Å². The van der Waals surface area contributed by atoms with Crippen LogP contribution in [0.2, 0.25) is 0 Å². The summed E-state index contributed by atoms with van der Waals surface area (Å²) < 4.78 is 16.2. The van der Waals surface area contributed by atoms with Gasteiger partial charge in [0.05, 0.1) is 19.3 Å². The number of rotatable bonds is 8. The molecule has 0 unspecified atom stereocenters. The summed E-state index contributed by atoms with van der Waals surface area (Å²) >= 11 is 1.59. The lowest BCUT2D eigenvalue weighted by atomic mass is 10.2. The number of benzene rings is 1. The maximum absolute atomic E-state index is 11.7. The molecule has 0 amide bonds. The predicted octanol–water partition coefficient (Wildman–Crippen LogP) is 4.35. The molecule has 0 aliphatic rings. The smallest absolute Gasteiger partial charge is 0.341 e. The standard InChI is InChI=1S/C21H24N2O4S/c1-14-5-7-17(8-6-14)26-12-20-22-16(13-28-20)10-23(3)11-18-9-19(15(2)27-18)21(24)25-4/h5-9,13H,10-12H2,1-4H3. The molecule has 0 aliphatic heterocycles. The molecule has 2 heterocycles. The first-order valence-electron chi connectivity index (χ1n) is 8.93. The summed E-state index contributed by atoms with van der Waals surface area (Å²) in [6, 6.07) is 9.72. The van der Waals surface area contributed by atoms with E-state index in [0.717, 1.165) is 22.2 Å². The molecule has 0 N–H and O–H groups in total. The third-order valence-corrected chi connectivity index (χ3v) is 5.09. The summed E-state index contributed by atoms with van der Waals surface area (Å²) in [5.41, 5.74) is 2.65. The summed E-state index contributed by atoms with van der Waals surface area (Å²) in [6.07, 6.45) is 0. The zero-order valence-corrected chi connectivity index (χ0v) is 17.3. The third kappa shape index (κ3) is 5.21. The molecule has 6 nitrogen and oxygen atoms in total. The molecule has 148 valence electrons. The molecular weight excluding hydrogens is 376 g/mol. The van der Waals surface area contributed by atoms with Crippen LogP contribution in [0.5, 0.6) is 5.75 Å². The molecule has 3 aromatic rings. The Morgan fingerprint density at radius 1 is 1.21 bits per heavy atom. The van der Waals surface area contributed by atoms with Gasteiger partial charge in [-0.3, -0.25) is 4.90 Å². The van der Waals surface area contributed by atoms with Gasteiger partial charge in [-0.1, -0.05) is 17.7 Å². The fourth-order valence-corrected chi connectivity index (χ4v) is 3.50. The number of hydrogen-bond acceptors (Lipinski definition) is 7. The molecule has 0 bridgehead atoms. The molecule has 0 saturated carbocycles. The zero-order valence-electron chi connectivity index (χ0n) is 16.5. The fraction of sp³-hybridized carbons (Fsp3) is 0.333. The summed E-state index contributed by atoms with van der Waals surface area (Å²) in [6.45, 7) is 5.51. The number of hydrogen-bond donors (Lipinski definition) is 0. The van der Waals surface area contributed by atoms with Crippen molar-refractivity contribution >= 4 is 17.3 Å². The molecule has 0 saturated heterocycles. The molecule has 0 aliphatic carbocycles. The van der Waals surface area contributed by atoms with Crippen molar-refractivity contribution in [3.05, 3.63) is 69.1 Å². The number of ether oxygens (including phenoxy) is 2. The molecular formula is C21H24N2O4S. The lowest BCUT2D eigenvalue weighted by Crippen LogP contribution is -2.17. The number of nitrogens with zero attached hydrogens (tertiary/aromatic N) is 2. The first-order valence-corrected chi connectivity index (χ1v) is 9.81. The van der Waals surface area contributed by atoms with Crippen molar-refractivity contribution in [2.75, 3.05) is 14.2 Å². The highest BCUT2D eigenvalue weighted by Crippen LogP contribution is 2.19. The van der Waals surface area contributed by atoms with Crippen molar-refractivity contribution in [3.63, 3.8) is 0 Å². The van der Waals surface area contributed by atoms with Crippen molar-refractivity contribution in [3.8, 4) is 5.75 Å². The van der Waals surface area contributed by atoms with Crippen LogP contribution >= 0.6 is 11.3 Å². The van der Waals surface area contributed by atoms with Gasteiger partial charge in [-0.05, 0) is 39.1 Å². The molecule has 28 heavy (non-hydrogen) atoms. The van der Waals surface area contributed by atoms with Gasteiger partial charge in [0.1, 0.15) is 34.4 Å². The van der Waals surface area contributed by atoms with Crippen molar-refractivity contribution < 1.29 is 18.7 Å². The quantitative estimate of drug-likeness (QED) is 0.524. The number of aromatic nitrogens is 1. The van der Waals surface area contributed by atoms with E-state index in [4.69, 9.17) is 13.9 Å². The molecule has 0 atom stereocenters. The third-order valence-electron chi connectivity index (χ3n) is 4.21. The summed E-state index contributed by atoms with van der Waals surface area (Å²) in [5.74, 6) is 1.75. The molecule has 2 aromatic heterocycles. The van der Waals surface area contributed by atoms with E-state index in [9.17, 15) is 4.79 Å². The Balaban J connectivity index is 1.53. The highest BCUT2D eigenvalue weighted by atomic mass is 32.1. The lowest BCUT2D eigenvalue weighted by Gasteiger charge is -2.13. The van der Waals surface area contributed by atoms with Crippen LogP contribution < -0.4 is 4.74 Å². The van der Waals surface area contributed by atoms with Crippen molar-refractivity contribution in [2.45, 2.75) is 33.5 Å². The fourth-order valence-electron chi connectivity index (χ4n) is 2.80. The Morgan fingerprint density at radius 2 is 1.96 bits per heavy atom. The van der Waals surface area contributed by atoms with Crippen LogP contribution in [-0.4, -0.2) is 30.0 Å². The van der Waals surface area contributed by atoms with E-state index in [1.165, 1.54) is 12.7 Å². The van der Waals surface area contributed by atoms with Gasteiger partial charge >= 0.3 is 5.97 Å². The zero-order chi connectivity index (χ0) is 20.1. The van der Waals surface area contributed by atoms with Crippen LogP contribution in [0.25, 0.3) is 0 Å². The number of aryl methyl sites for hydroxylation is 2. The SMILES string of the molecule is COC(=O)c1cc(CN(C)Cc2csc(COc3ccc(C)cc3)n2)oc1C. The van der Waals surface area contributed by atoms with Crippen molar-refractivity contribution in [1.29, 1.82) is 0 Å². The normalized spacial score (nSPS) is 11.0. The average molecular weight is 401 g/mol. The number of carbonyl (C=O) groups is 1. The Bertz CT molecular complexity index is 930. The van der Waals surface area contributed by atoms with Gasteiger partial charge in [-0.2, -0.15) is 0 Å². The number of furan rings is 1. The van der Waals surface area contributed by atoms with Gasteiger partial charge in [0, 0.05) is 11.9 Å².